The van der Waals surface area contributed by atoms with Crippen LogP contribution in [0.2, 0.25) is 0 Å². The zero-order chi connectivity index (χ0) is 22.8. The van der Waals surface area contributed by atoms with Crippen molar-refractivity contribution in [3.05, 3.63) is 57.9 Å². The SMILES string of the molecule is COc1ccc(Oc2nc(N3CCN(C)CC3)nc3c2CN(C(=O)c2cccs2)CC3)cc1. The molecule has 8 nitrogen and oxygen atoms in total. The van der Waals surface area contributed by atoms with Gasteiger partial charge in [0.15, 0.2) is 0 Å². The number of hydrogen-bond acceptors (Lipinski definition) is 8. The summed E-state index contributed by atoms with van der Waals surface area (Å²) in [5.41, 5.74) is 1.83. The van der Waals surface area contributed by atoms with Crippen LogP contribution in [0.3, 0.4) is 0 Å². The Kier molecular flexibility index (Phi) is 6.15. The largest absolute Gasteiger partial charge is 0.497 e. The van der Waals surface area contributed by atoms with Gasteiger partial charge >= 0.3 is 0 Å². The van der Waals surface area contributed by atoms with Gasteiger partial charge in [-0.2, -0.15) is 4.98 Å². The van der Waals surface area contributed by atoms with Crippen molar-refractivity contribution in [3.63, 3.8) is 0 Å². The highest BCUT2D eigenvalue weighted by Gasteiger charge is 2.29. The van der Waals surface area contributed by atoms with Gasteiger partial charge < -0.3 is 24.2 Å². The van der Waals surface area contributed by atoms with Crippen LogP contribution in [0.4, 0.5) is 5.95 Å². The molecule has 0 saturated carbocycles. The van der Waals surface area contributed by atoms with Crippen molar-refractivity contribution >= 4 is 23.2 Å². The number of amides is 1. The minimum Gasteiger partial charge on any atom is -0.497 e. The second-order valence-electron chi connectivity index (χ2n) is 8.28. The van der Waals surface area contributed by atoms with E-state index >= 15 is 0 Å². The van der Waals surface area contributed by atoms with E-state index in [4.69, 9.17) is 19.4 Å². The summed E-state index contributed by atoms with van der Waals surface area (Å²) in [6.45, 7) is 4.75. The quantitative estimate of drug-likeness (QED) is 0.573. The molecule has 0 aliphatic carbocycles. The number of nitrogens with zero attached hydrogens (tertiary/aromatic N) is 5. The van der Waals surface area contributed by atoms with Crippen LogP contribution in [-0.2, 0) is 13.0 Å². The topological polar surface area (TPSA) is 71.0 Å². The molecule has 0 bridgehead atoms. The van der Waals surface area contributed by atoms with Crippen LogP contribution in [0, 0.1) is 0 Å². The van der Waals surface area contributed by atoms with Crippen molar-refractivity contribution in [2.75, 3.05) is 51.8 Å². The molecule has 2 aromatic heterocycles. The van der Waals surface area contributed by atoms with Gasteiger partial charge in [0.1, 0.15) is 11.5 Å². The molecule has 33 heavy (non-hydrogen) atoms. The van der Waals surface area contributed by atoms with Crippen LogP contribution < -0.4 is 14.4 Å². The fourth-order valence-corrected chi connectivity index (χ4v) is 4.78. The molecular formula is C24H27N5O3S. The number of methoxy groups -OCH3 is 1. The third-order valence-electron chi connectivity index (χ3n) is 6.09. The number of thiophene rings is 1. The molecule has 0 unspecified atom stereocenters. The zero-order valence-corrected chi connectivity index (χ0v) is 19.7. The molecule has 4 heterocycles. The normalized spacial score (nSPS) is 16.4. The predicted octanol–water partition coefficient (Wildman–Crippen LogP) is 3.29. The van der Waals surface area contributed by atoms with Crippen LogP contribution in [-0.4, -0.2) is 72.6 Å². The number of rotatable bonds is 5. The molecule has 9 heteroatoms. The molecule has 172 valence electrons. The van der Waals surface area contributed by atoms with E-state index in [-0.39, 0.29) is 5.91 Å². The highest BCUT2D eigenvalue weighted by atomic mass is 32.1. The first kappa shape index (κ1) is 21.7. The minimum absolute atomic E-state index is 0.0363. The van der Waals surface area contributed by atoms with Crippen molar-refractivity contribution < 1.29 is 14.3 Å². The molecule has 0 radical (unpaired) electrons. The van der Waals surface area contributed by atoms with Crippen LogP contribution in [0.5, 0.6) is 17.4 Å². The number of piperazine rings is 1. The summed E-state index contributed by atoms with van der Waals surface area (Å²) in [4.78, 5) is 29.8. The first-order valence-corrected chi connectivity index (χ1v) is 12.0. The van der Waals surface area contributed by atoms with Crippen LogP contribution in [0.15, 0.2) is 41.8 Å². The van der Waals surface area contributed by atoms with E-state index in [0.717, 1.165) is 48.1 Å². The van der Waals surface area contributed by atoms with E-state index in [1.54, 1.807) is 7.11 Å². The summed E-state index contributed by atoms with van der Waals surface area (Å²) in [6.07, 6.45) is 0.675. The number of ether oxygens (including phenoxy) is 2. The maximum Gasteiger partial charge on any atom is 0.264 e. The van der Waals surface area contributed by atoms with Gasteiger partial charge in [-0.15, -0.1) is 11.3 Å². The number of carbonyl (C=O) groups excluding carboxylic acids is 1. The second kappa shape index (κ2) is 9.36. The van der Waals surface area contributed by atoms with E-state index in [1.165, 1.54) is 11.3 Å². The molecule has 1 amide bonds. The maximum atomic E-state index is 13.0. The van der Waals surface area contributed by atoms with E-state index < -0.39 is 0 Å². The summed E-state index contributed by atoms with van der Waals surface area (Å²) in [7, 11) is 3.76. The Labute approximate surface area is 197 Å². The third kappa shape index (κ3) is 4.65. The summed E-state index contributed by atoms with van der Waals surface area (Å²) >= 11 is 1.46. The Morgan fingerprint density at radius 1 is 1.00 bits per heavy atom. The summed E-state index contributed by atoms with van der Waals surface area (Å²) in [5.74, 6) is 2.68. The first-order valence-electron chi connectivity index (χ1n) is 11.1. The number of anilines is 1. The molecule has 2 aliphatic rings. The van der Waals surface area contributed by atoms with Gasteiger partial charge in [0, 0.05) is 39.1 Å². The lowest BCUT2D eigenvalue weighted by Crippen LogP contribution is -2.45. The monoisotopic (exact) mass is 465 g/mol. The van der Waals surface area contributed by atoms with Crippen LogP contribution in [0.25, 0.3) is 0 Å². The minimum atomic E-state index is 0.0363. The molecule has 0 atom stereocenters. The first-order chi connectivity index (χ1) is 16.1. The van der Waals surface area contributed by atoms with Gasteiger partial charge in [-0.3, -0.25) is 4.79 Å². The molecule has 1 saturated heterocycles. The fraction of sp³-hybridized carbons (Fsp3) is 0.375. The number of benzene rings is 1. The molecule has 0 N–H and O–H groups in total. The average Bonchev–Trinajstić information content (AvgIpc) is 3.39. The van der Waals surface area contributed by atoms with Crippen molar-refractivity contribution in [2.45, 2.75) is 13.0 Å². The highest BCUT2D eigenvalue weighted by Crippen LogP contribution is 2.33. The number of carbonyl (C=O) groups is 1. The van der Waals surface area contributed by atoms with Crippen molar-refractivity contribution in [3.8, 4) is 17.4 Å². The Balaban J connectivity index is 1.47. The van der Waals surface area contributed by atoms with Gasteiger partial charge in [-0.05, 0) is 42.8 Å². The van der Waals surface area contributed by atoms with E-state index in [1.807, 2.05) is 46.7 Å². The van der Waals surface area contributed by atoms with Crippen molar-refractivity contribution in [2.24, 2.45) is 0 Å². The Bertz CT molecular complexity index is 1110. The van der Waals surface area contributed by atoms with E-state index in [9.17, 15) is 4.79 Å². The molecule has 2 aliphatic heterocycles. The predicted molar refractivity (Wildman–Crippen MR) is 128 cm³/mol. The summed E-state index contributed by atoms with van der Waals surface area (Å²) in [5, 5.41) is 1.93. The standard InChI is InChI=1S/C24H27N5O3S/c1-27-11-13-28(14-12-27)24-25-20-9-10-29(23(30)21-4-3-15-33-21)16-19(20)22(26-24)32-18-7-5-17(31-2)6-8-18/h3-8,15H,9-14,16H2,1-2H3. The molecule has 1 fully saturated rings. The number of likely N-dealkylation sites (N-methyl/N-ethyl adjacent to an activating group) is 1. The van der Waals surface area contributed by atoms with Crippen LogP contribution in [0.1, 0.15) is 20.9 Å². The Hall–Kier alpha value is -3.17. The smallest absolute Gasteiger partial charge is 0.264 e. The van der Waals surface area contributed by atoms with E-state index in [2.05, 4.69) is 16.8 Å². The van der Waals surface area contributed by atoms with Gasteiger partial charge in [0.05, 0.1) is 29.8 Å². The molecule has 0 spiro atoms. The van der Waals surface area contributed by atoms with Crippen LogP contribution >= 0.6 is 11.3 Å². The summed E-state index contributed by atoms with van der Waals surface area (Å²) < 4.78 is 11.5. The Morgan fingerprint density at radius 2 is 1.76 bits per heavy atom. The molecule has 3 aromatic rings. The van der Waals surface area contributed by atoms with Gasteiger partial charge in [0.2, 0.25) is 11.8 Å². The van der Waals surface area contributed by atoms with Crippen molar-refractivity contribution in [1.29, 1.82) is 0 Å². The van der Waals surface area contributed by atoms with E-state index in [0.29, 0.717) is 37.1 Å². The molecule has 5 rings (SSSR count). The van der Waals surface area contributed by atoms with Gasteiger partial charge in [-0.25, -0.2) is 4.98 Å². The lowest BCUT2D eigenvalue weighted by molar-refractivity contribution is 0.0737. The van der Waals surface area contributed by atoms with Crippen molar-refractivity contribution in [1.82, 2.24) is 19.8 Å². The third-order valence-corrected chi connectivity index (χ3v) is 6.95. The lowest BCUT2D eigenvalue weighted by Gasteiger charge is -2.34. The van der Waals surface area contributed by atoms with Gasteiger partial charge in [0.25, 0.3) is 5.91 Å². The summed E-state index contributed by atoms with van der Waals surface area (Å²) in [6, 6.07) is 11.2. The lowest BCUT2D eigenvalue weighted by atomic mass is 10.1. The fourth-order valence-electron chi connectivity index (χ4n) is 4.09. The highest BCUT2D eigenvalue weighted by molar-refractivity contribution is 7.12. The number of hydrogen-bond donors (Lipinski definition) is 0. The second-order valence-corrected chi connectivity index (χ2v) is 9.22. The molecular weight excluding hydrogens is 438 g/mol. The number of aromatic nitrogens is 2. The Morgan fingerprint density at radius 3 is 2.45 bits per heavy atom. The zero-order valence-electron chi connectivity index (χ0n) is 18.9. The average molecular weight is 466 g/mol. The van der Waals surface area contributed by atoms with Gasteiger partial charge in [-0.1, -0.05) is 6.07 Å². The molecule has 1 aromatic carbocycles. The number of fused-ring (bicyclic) bond motifs is 1. The maximum absolute atomic E-state index is 13.0.